The number of carbonyl (C=O) groups is 1. The van der Waals surface area contributed by atoms with Gasteiger partial charge in [0.25, 0.3) is 0 Å². The molecule has 8 heteroatoms. The van der Waals surface area contributed by atoms with Gasteiger partial charge in [-0.15, -0.1) is 24.8 Å². The van der Waals surface area contributed by atoms with E-state index in [-0.39, 0.29) is 24.8 Å². The number of aromatic nitrogens is 2. The highest BCUT2D eigenvalue weighted by Crippen LogP contribution is 2.12. The van der Waals surface area contributed by atoms with E-state index in [2.05, 4.69) is 9.72 Å². The molecule has 1 aromatic carbocycles. The van der Waals surface area contributed by atoms with Crippen LogP contribution in [0.25, 0.3) is 0 Å². The van der Waals surface area contributed by atoms with Gasteiger partial charge in [0.1, 0.15) is 11.8 Å². The van der Waals surface area contributed by atoms with Gasteiger partial charge in [0.05, 0.1) is 26.2 Å². The minimum absolute atomic E-state index is 0. The number of benzene rings is 1. The lowest BCUT2D eigenvalue weighted by Gasteiger charge is -2.06. The Morgan fingerprint density at radius 3 is 2.48 bits per heavy atom. The molecule has 0 saturated heterocycles. The Hall–Kier alpha value is -1.76. The zero-order valence-electron chi connectivity index (χ0n) is 13.0. The van der Waals surface area contributed by atoms with Crippen molar-refractivity contribution in [2.45, 2.75) is 19.0 Å². The minimum Gasteiger partial charge on any atom is -0.497 e. The van der Waals surface area contributed by atoms with E-state index in [1.165, 1.54) is 7.11 Å². The maximum atomic E-state index is 11.3. The summed E-state index contributed by atoms with van der Waals surface area (Å²) >= 11 is 0. The second-order valence-electron chi connectivity index (χ2n) is 4.72. The summed E-state index contributed by atoms with van der Waals surface area (Å²) in [5.74, 6) is 0.397. The average Bonchev–Trinajstić information content (AvgIpc) is 2.94. The fourth-order valence-electron chi connectivity index (χ4n) is 2.00. The summed E-state index contributed by atoms with van der Waals surface area (Å²) in [6.07, 6.45) is 3.97. The third-order valence-corrected chi connectivity index (χ3v) is 3.14. The van der Waals surface area contributed by atoms with Gasteiger partial charge < -0.3 is 19.8 Å². The molecule has 0 amide bonds. The van der Waals surface area contributed by atoms with Crippen LogP contribution < -0.4 is 10.5 Å². The highest BCUT2D eigenvalue weighted by molar-refractivity contribution is 5.85. The molecule has 1 atom stereocenters. The lowest BCUT2D eigenvalue weighted by molar-refractivity contribution is -0.142. The second-order valence-corrected chi connectivity index (χ2v) is 4.72. The van der Waals surface area contributed by atoms with Crippen LogP contribution in [0.15, 0.2) is 36.8 Å². The monoisotopic (exact) mass is 361 g/mol. The molecule has 2 aromatic rings. The molecular weight excluding hydrogens is 341 g/mol. The highest BCUT2D eigenvalue weighted by Gasteiger charge is 2.15. The van der Waals surface area contributed by atoms with Gasteiger partial charge >= 0.3 is 5.97 Å². The first kappa shape index (κ1) is 21.2. The number of nitrogens with two attached hydrogens (primary N) is 1. The van der Waals surface area contributed by atoms with E-state index in [1.54, 1.807) is 13.4 Å². The third-order valence-electron chi connectivity index (χ3n) is 3.14. The molecule has 0 bridgehead atoms. The van der Waals surface area contributed by atoms with Gasteiger partial charge in [0, 0.05) is 19.2 Å². The molecule has 0 spiro atoms. The quantitative estimate of drug-likeness (QED) is 0.793. The predicted octanol–water partition coefficient (Wildman–Crippen LogP) is 1.83. The molecule has 0 radical (unpaired) electrons. The first-order valence-electron chi connectivity index (χ1n) is 6.59. The van der Waals surface area contributed by atoms with Crippen LogP contribution in [0.4, 0.5) is 0 Å². The number of halogens is 2. The number of hydrogen-bond acceptors (Lipinski definition) is 5. The summed E-state index contributed by atoms with van der Waals surface area (Å²) in [4.78, 5) is 15.5. The van der Waals surface area contributed by atoms with Gasteiger partial charge in [-0.05, 0) is 17.7 Å². The Labute approximate surface area is 147 Å². The number of imidazole rings is 1. The fourth-order valence-corrected chi connectivity index (χ4v) is 2.00. The standard InChI is InChI=1S/C15H19N3O3.2ClH/c1-20-13-5-3-11(4-6-13)8-18-9-12(17-10-18)7-14(16)15(19)21-2;;/h3-6,9-10,14H,7-8,16H2,1-2H3;2*1H. The topological polar surface area (TPSA) is 79.4 Å². The number of ether oxygens (including phenoxy) is 2. The van der Waals surface area contributed by atoms with Crippen LogP contribution in [0.5, 0.6) is 5.75 Å². The maximum absolute atomic E-state index is 11.3. The van der Waals surface area contributed by atoms with Crippen LogP contribution in [0, 0.1) is 0 Å². The largest absolute Gasteiger partial charge is 0.497 e. The Bertz CT molecular complexity index is 602. The SMILES string of the molecule is COC(=O)C(N)Cc1cn(Cc2ccc(OC)cc2)cn1.Cl.Cl. The van der Waals surface area contributed by atoms with Crippen molar-refractivity contribution in [1.29, 1.82) is 0 Å². The Kier molecular flexibility index (Phi) is 9.32. The maximum Gasteiger partial charge on any atom is 0.323 e. The molecular formula is C15H21Cl2N3O3. The van der Waals surface area contributed by atoms with E-state index < -0.39 is 12.0 Å². The van der Waals surface area contributed by atoms with Gasteiger partial charge in [-0.1, -0.05) is 12.1 Å². The molecule has 2 N–H and O–H groups in total. The van der Waals surface area contributed by atoms with Crippen molar-refractivity contribution in [1.82, 2.24) is 9.55 Å². The van der Waals surface area contributed by atoms with Crippen molar-refractivity contribution in [3.05, 3.63) is 48.0 Å². The smallest absolute Gasteiger partial charge is 0.323 e. The molecule has 128 valence electrons. The van der Waals surface area contributed by atoms with Gasteiger partial charge in [-0.3, -0.25) is 4.79 Å². The number of hydrogen-bond donors (Lipinski definition) is 1. The van der Waals surface area contributed by atoms with Crippen molar-refractivity contribution >= 4 is 30.8 Å². The molecule has 0 aliphatic heterocycles. The second kappa shape index (κ2) is 10.1. The number of carbonyl (C=O) groups excluding carboxylic acids is 1. The molecule has 1 aromatic heterocycles. The first-order valence-corrected chi connectivity index (χ1v) is 6.59. The summed E-state index contributed by atoms with van der Waals surface area (Å²) in [6.45, 7) is 0.699. The summed E-state index contributed by atoms with van der Waals surface area (Å²) in [6, 6.07) is 7.15. The average molecular weight is 362 g/mol. The first-order chi connectivity index (χ1) is 10.1. The van der Waals surface area contributed by atoms with Crippen molar-refractivity contribution in [3.8, 4) is 5.75 Å². The molecule has 0 fully saturated rings. The van der Waals surface area contributed by atoms with Crippen LogP contribution in [0.1, 0.15) is 11.3 Å². The fraction of sp³-hybridized carbons (Fsp3) is 0.333. The van der Waals surface area contributed by atoms with Crippen molar-refractivity contribution in [2.24, 2.45) is 5.73 Å². The van der Waals surface area contributed by atoms with E-state index >= 15 is 0 Å². The summed E-state index contributed by atoms with van der Waals surface area (Å²) in [7, 11) is 2.96. The Morgan fingerprint density at radius 1 is 1.26 bits per heavy atom. The van der Waals surface area contributed by atoms with Crippen molar-refractivity contribution in [3.63, 3.8) is 0 Å². The predicted molar refractivity (Wildman–Crippen MR) is 92.5 cm³/mol. The molecule has 0 aliphatic rings. The lowest BCUT2D eigenvalue weighted by Crippen LogP contribution is -2.33. The zero-order chi connectivity index (χ0) is 15.2. The number of methoxy groups -OCH3 is 2. The molecule has 0 aliphatic carbocycles. The Morgan fingerprint density at radius 2 is 1.91 bits per heavy atom. The number of nitrogens with zero attached hydrogens (tertiary/aromatic N) is 2. The van der Waals surface area contributed by atoms with E-state index in [0.29, 0.717) is 13.0 Å². The number of esters is 1. The third kappa shape index (κ3) is 6.09. The van der Waals surface area contributed by atoms with Crippen molar-refractivity contribution in [2.75, 3.05) is 14.2 Å². The zero-order valence-corrected chi connectivity index (χ0v) is 14.6. The van der Waals surface area contributed by atoms with Gasteiger partial charge in [-0.2, -0.15) is 0 Å². The molecule has 1 unspecified atom stereocenters. The molecule has 1 heterocycles. The summed E-state index contributed by atoms with van der Waals surface area (Å²) in [5, 5.41) is 0. The molecule has 2 rings (SSSR count). The van der Waals surface area contributed by atoms with E-state index in [1.807, 2.05) is 35.0 Å². The van der Waals surface area contributed by atoms with Gasteiger partial charge in [0.15, 0.2) is 0 Å². The van der Waals surface area contributed by atoms with E-state index in [4.69, 9.17) is 10.5 Å². The van der Waals surface area contributed by atoms with E-state index in [9.17, 15) is 4.79 Å². The van der Waals surface area contributed by atoms with Crippen LogP contribution in [0.2, 0.25) is 0 Å². The minimum atomic E-state index is -0.681. The van der Waals surface area contributed by atoms with Crippen LogP contribution in [-0.2, 0) is 22.5 Å². The van der Waals surface area contributed by atoms with Crippen LogP contribution in [0.3, 0.4) is 0 Å². The molecule has 0 saturated carbocycles. The number of rotatable bonds is 6. The van der Waals surface area contributed by atoms with Gasteiger partial charge in [0.2, 0.25) is 0 Å². The lowest BCUT2D eigenvalue weighted by atomic mass is 10.2. The normalized spacial score (nSPS) is 10.9. The molecule has 6 nitrogen and oxygen atoms in total. The summed E-state index contributed by atoms with van der Waals surface area (Å²) in [5.41, 5.74) is 7.62. The van der Waals surface area contributed by atoms with Gasteiger partial charge in [-0.25, -0.2) is 4.98 Å². The van der Waals surface area contributed by atoms with E-state index in [0.717, 1.165) is 17.0 Å². The van der Waals surface area contributed by atoms with Crippen LogP contribution >= 0.6 is 24.8 Å². The Balaban J connectivity index is 0.00000242. The van der Waals surface area contributed by atoms with Crippen molar-refractivity contribution < 1.29 is 14.3 Å². The summed E-state index contributed by atoms with van der Waals surface area (Å²) < 4.78 is 11.7. The highest BCUT2D eigenvalue weighted by atomic mass is 35.5. The van der Waals surface area contributed by atoms with Crippen LogP contribution in [-0.4, -0.2) is 35.8 Å². The molecule has 23 heavy (non-hydrogen) atoms.